The summed E-state index contributed by atoms with van der Waals surface area (Å²) in [6.07, 6.45) is 5.60. The van der Waals surface area contributed by atoms with Gasteiger partial charge in [0.15, 0.2) is 0 Å². The molecule has 3 nitrogen and oxygen atoms in total. The summed E-state index contributed by atoms with van der Waals surface area (Å²) in [5.74, 6) is 0. The van der Waals surface area contributed by atoms with Crippen LogP contribution in [-0.4, -0.2) is 4.57 Å². The molecule has 1 aliphatic carbocycles. The highest BCUT2D eigenvalue weighted by Gasteiger charge is 2.16. The quantitative estimate of drug-likeness (QED) is 0.841. The SMILES string of the molecule is CCCn1c2c(cc(CN)c1=O)CCCC2. The van der Waals surface area contributed by atoms with Crippen molar-refractivity contribution in [3.63, 3.8) is 0 Å². The molecule has 0 radical (unpaired) electrons. The van der Waals surface area contributed by atoms with E-state index in [2.05, 4.69) is 6.92 Å². The Morgan fingerprint density at radius 3 is 2.81 bits per heavy atom. The van der Waals surface area contributed by atoms with E-state index in [0.29, 0.717) is 6.54 Å². The molecule has 0 aromatic carbocycles. The van der Waals surface area contributed by atoms with Crippen LogP contribution in [0.5, 0.6) is 0 Å². The monoisotopic (exact) mass is 220 g/mol. The van der Waals surface area contributed by atoms with Gasteiger partial charge in [-0.2, -0.15) is 0 Å². The van der Waals surface area contributed by atoms with E-state index in [4.69, 9.17) is 5.73 Å². The molecule has 0 spiro atoms. The number of nitrogens with two attached hydrogens (primary N) is 1. The average Bonchev–Trinajstić information content (AvgIpc) is 2.32. The maximum absolute atomic E-state index is 12.1. The molecular weight excluding hydrogens is 200 g/mol. The van der Waals surface area contributed by atoms with Gasteiger partial charge in [-0.25, -0.2) is 0 Å². The number of hydrogen-bond donors (Lipinski definition) is 1. The highest BCUT2D eigenvalue weighted by molar-refractivity contribution is 5.29. The second-order valence-corrected chi connectivity index (χ2v) is 4.51. The van der Waals surface area contributed by atoms with Gasteiger partial charge in [-0.1, -0.05) is 6.92 Å². The molecule has 3 heteroatoms. The summed E-state index contributed by atoms with van der Waals surface area (Å²) < 4.78 is 1.96. The zero-order valence-corrected chi connectivity index (χ0v) is 9.96. The van der Waals surface area contributed by atoms with Crippen LogP contribution in [0.15, 0.2) is 10.9 Å². The standard InChI is InChI=1S/C13H20N2O/c1-2-7-15-12-6-4-3-5-10(12)8-11(9-14)13(15)16/h8H,2-7,9,14H2,1H3. The molecule has 1 aliphatic rings. The molecule has 1 aromatic rings. The lowest BCUT2D eigenvalue weighted by Gasteiger charge is -2.22. The summed E-state index contributed by atoms with van der Waals surface area (Å²) >= 11 is 0. The molecule has 2 N–H and O–H groups in total. The fourth-order valence-electron chi connectivity index (χ4n) is 2.55. The Morgan fingerprint density at radius 2 is 2.12 bits per heavy atom. The van der Waals surface area contributed by atoms with Crippen molar-refractivity contribution in [1.82, 2.24) is 4.57 Å². The molecule has 0 atom stereocenters. The second-order valence-electron chi connectivity index (χ2n) is 4.51. The number of hydrogen-bond acceptors (Lipinski definition) is 2. The zero-order valence-electron chi connectivity index (χ0n) is 9.96. The zero-order chi connectivity index (χ0) is 11.5. The van der Waals surface area contributed by atoms with Gasteiger partial charge >= 0.3 is 0 Å². The Balaban J connectivity index is 2.57. The molecule has 88 valence electrons. The molecule has 0 amide bonds. The van der Waals surface area contributed by atoms with E-state index in [-0.39, 0.29) is 5.56 Å². The molecule has 0 saturated carbocycles. The molecule has 1 aromatic heterocycles. The van der Waals surface area contributed by atoms with Crippen LogP contribution in [0.4, 0.5) is 0 Å². The van der Waals surface area contributed by atoms with Gasteiger partial charge in [-0.05, 0) is 43.7 Å². The molecule has 2 rings (SSSR count). The van der Waals surface area contributed by atoms with E-state index in [1.807, 2.05) is 10.6 Å². The lowest BCUT2D eigenvalue weighted by molar-refractivity contribution is 0.561. The molecule has 0 aliphatic heterocycles. The number of aryl methyl sites for hydroxylation is 1. The molecule has 0 unspecified atom stereocenters. The van der Waals surface area contributed by atoms with Gasteiger partial charge in [0.2, 0.25) is 0 Å². The van der Waals surface area contributed by atoms with Crippen molar-refractivity contribution in [2.24, 2.45) is 5.73 Å². The van der Waals surface area contributed by atoms with Gasteiger partial charge in [0.1, 0.15) is 0 Å². The number of nitrogens with zero attached hydrogens (tertiary/aromatic N) is 1. The van der Waals surface area contributed by atoms with Gasteiger partial charge in [-0.15, -0.1) is 0 Å². The lowest BCUT2D eigenvalue weighted by atomic mass is 9.94. The normalized spacial score (nSPS) is 14.9. The van der Waals surface area contributed by atoms with Gasteiger partial charge in [0, 0.05) is 24.3 Å². The van der Waals surface area contributed by atoms with Gasteiger partial charge < -0.3 is 10.3 Å². The lowest BCUT2D eigenvalue weighted by Crippen LogP contribution is -2.30. The van der Waals surface area contributed by atoms with Crippen LogP contribution in [0, 0.1) is 0 Å². The fraction of sp³-hybridized carbons (Fsp3) is 0.615. The molecule has 0 saturated heterocycles. The molecule has 0 bridgehead atoms. The second kappa shape index (κ2) is 4.83. The molecular formula is C13H20N2O. The first kappa shape index (κ1) is 11.4. The number of fused-ring (bicyclic) bond motifs is 1. The van der Waals surface area contributed by atoms with E-state index in [9.17, 15) is 4.79 Å². The largest absolute Gasteiger partial charge is 0.326 e. The van der Waals surface area contributed by atoms with Crippen molar-refractivity contribution < 1.29 is 0 Å². The van der Waals surface area contributed by atoms with Crippen LogP contribution in [-0.2, 0) is 25.9 Å². The third-order valence-electron chi connectivity index (χ3n) is 3.34. The smallest absolute Gasteiger partial charge is 0.255 e. The van der Waals surface area contributed by atoms with Gasteiger partial charge in [0.05, 0.1) is 0 Å². The highest BCUT2D eigenvalue weighted by atomic mass is 16.1. The highest BCUT2D eigenvalue weighted by Crippen LogP contribution is 2.20. The molecule has 1 heterocycles. The number of aromatic nitrogens is 1. The third-order valence-corrected chi connectivity index (χ3v) is 3.34. The molecule has 0 fully saturated rings. The van der Waals surface area contributed by atoms with Crippen LogP contribution in [0.1, 0.15) is 43.0 Å². The van der Waals surface area contributed by atoms with E-state index in [1.165, 1.54) is 24.1 Å². The van der Waals surface area contributed by atoms with Crippen LogP contribution in [0.25, 0.3) is 0 Å². The van der Waals surface area contributed by atoms with Crippen molar-refractivity contribution >= 4 is 0 Å². The van der Waals surface area contributed by atoms with Gasteiger partial charge in [0.25, 0.3) is 5.56 Å². The van der Waals surface area contributed by atoms with Crippen molar-refractivity contribution in [2.75, 3.05) is 0 Å². The van der Waals surface area contributed by atoms with Crippen LogP contribution in [0.3, 0.4) is 0 Å². The first-order valence-corrected chi connectivity index (χ1v) is 6.22. The van der Waals surface area contributed by atoms with E-state index < -0.39 is 0 Å². The summed E-state index contributed by atoms with van der Waals surface area (Å²) in [5.41, 5.74) is 9.14. The Kier molecular flexibility index (Phi) is 3.44. The molecule has 16 heavy (non-hydrogen) atoms. The first-order valence-electron chi connectivity index (χ1n) is 6.22. The predicted molar refractivity (Wildman–Crippen MR) is 65.5 cm³/mol. The number of pyridine rings is 1. The third kappa shape index (κ3) is 1.92. The predicted octanol–water partition coefficient (Wildman–Crippen LogP) is 1.60. The summed E-state index contributed by atoms with van der Waals surface area (Å²) in [7, 11) is 0. The Hall–Kier alpha value is -1.09. The van der Waals surface area contributed by atoms with Crippen LogP contribution in [0.2, 0.25) is 0 Å². The topological polar surface area (TPSA) is 48.0 Å². The maximum Gasteiger partial charge on any atom is 0.255 e. The maximum atomic E-state index is 12.1. The van der Waals surface area contributed by atoms with Crippen LogP contribution < -0.4 is 11.3 Å². The summed E-state index contributed by atoms with van der Waals surface area (Å²) in [6, 6.07) is 2.03. The van der Waals surface area contributed by atoms with Gasteiger partial charge in [-0.3, -0.25) is 4.79 Å². The summed E-state index contributed by atoms with van der Waals surface area (Å²) in [5, 5.41) is 0. The van der Waals surface area contributed by atoms with Crippen molar-refractivity contribution in [3.05, 3.63) is 33.2 Å². The van der Waals surface area contributed by atoms with Crippen molar-refractivity contribution in [2.45, 2.75) is 52.1 Å². The summed E-state index contributed by atoms with van der Waals surface area (Å²) in [6.45, 7) is 3.29. The number of rotatable bonds is 3. The van der Waals surface area contributed by atoms with Crippen LogP contribution >= 0.6 is 0 Å². The Labute approximate surface area is 96.3 Å². The average molecular weight is 220 g/mol. The minimum atomic E-state index is 0.130. The van der Waals surface area contributed by atoms with Crippen molar-refractivity contribution in [1.29, 1.82) is 0 Å². The summed E-state index contributed by atoms with van der Waals surface area (Å²) in [4.78, 5) is 12.1. The minimum absolute atomic E-state index is 0.130. The van der Waals surface area contributed by atoms with E-state index in [0.717, 1.165) is 31.4 Å². The first-order chi connectivity index (χ1) is 7.77. The van der Waals surface area contributed by atoms with E-state index in [1.54, 1.807) is 0 Å². The van der Waals surface area contributed by atoms with Crippen molar-refractivity contribution in [3.8, 4) is 0 Å². The van der Waals surface area contributed by atoms with E-state index >= 15 is 0 Å². The Morgan fingerprint density at radius 1 is 1.38 bits per heavy atom. The Bertz CT molecular complexity index is 434. The minimum Gasteiger partial charge on any atom is -0.326 e. The fourth-order valence-corrected chi connectivity index (χ4v) is 2.55.